The van der Waals surface area contributed by atoms with Crippen LogP contribution in [0.25, 0.3) is 0 Å². The summed E-state index contributed by atoms with van der Waals surface area (Å²) in [7, 11) is 1.60. The van der Waals surface area contributed by atoms with E-state index in [1.807, 2.05) is 24.3 Å². The number of oxime groups is 1. The third kappa shape index (κ3) is 3.72. The molecule has 0 unspecified atom stereocenters. The van der Waals surface area contributed by atoms with Crippen molar-refractivity contribution in [3.8, 4) is 11.5 Å². The Kier molecular flexibility index (Phi) is 4.77. The zero-order valence-electron chi connectivity index (χ0n) is 11.8. The maximum absolute atomic E-state index is 13.3. The molecule has 21 heavy (non-hydrogen) atoms. The normalized spacial score (nSPS) is 11.3. The van der Waals surface area contributed by atoms with Crippen LogP contribution in [0, 0.1) is 5.82 Å². The number of rotatable bonds is 5. The molecular weight excluding hydrogens is 273 g/mol. The summed E-state index contributed by atoms with van der Waals surface area (Å²) in [6, 6.07) is 11.6. The van der Waals surface area contributed by atoms with Crippen molar-refractivity contribution in [1.29, 1.82) is 0 Å². The van der Waals surface area contributed by atoms with E-state index in [1.54, 1.807) is 14.0 Å². The molecule has 1 N–H and O–H groups in total. The standard InChI is InChI=1S/C16H16FNO3/c1-11(18-19)15-9-13(17)6-7-16(15)21-10-12-4-3-5-14(8-12)20-2/h3-9,19H,10H2,1-2H3/b18-11+. The molecule has 0 aliphatic rings. The number of ether oxygens (including phenoxy) is 2. The van der Waals surface area contributed by atoms with Gasteiger partial charge in [-0.2, -0.15) is 0 Å². The fourth-order valence-corrected chi connectivity index (χ4v) is 1.89. The molecule has 0 aliphatic heterocycles. The first-order valence-corrected chi connectivity index (χ1v) is 6.38. The first-order valence-electron chi connectivity index (χ1n) is 6.38. The minimum atomic E-state index is -0.415. The number of methoxy groups -OCH3 is 1. The minimum Gasteiger partial charge on any atom is -0.497 e. The molecule has 0 aliphatic carbocycles. The molecule has 0 saturated heterocycles. The predicted molar refractivity (Wildman–Crippen MR) is 77.7 cm³/mol. The van der Waals surface area contributed by atoms with Crippen molar-refractivity contribution < 1.29 is 19.1 Å². The van der Waals surface area contributed by atoms with E-state index in [-0.39, 0.29) is 5.71 Å². The second kappa shape index (κ2) is 6.74. The molecule has 2 rings (SSSR count). The van der Waals surface area contributed by atoms with Gasteiger partial charge in [0.15, 0.2) is 0 Å². The molecule has 0 amide bonds. The first-order chi connectivity index (χ1) is 10.1. The second-order valence-corrected chi connectivity index (χ2v) is 4.47. The predicted octanol–water partition coefficient (Wildman–Crippen LogP) is 3.61. The maximum Gasteiger partial charge on any atom is 0.129 e. The molecular formula is C16H16FNO3. The van der Waals surface area contributed by atoms with Gasteiger partial charge in [0, 0.05) is 5.56 Å². The van der Waals surface area contributed by atoms with Crippen LogP contribution >= 0.6 is 0 Å². The molecule has 0 spiro atoms. The van der Waals surface area contributed by atoms with Crippen molar-refractivity contribution in [2.24, 2.45) is 5.16 Å². The lowest BCUT2D eigenvalue weighted by molar-refractivity contribution is 0.302. The van der Waals surface area contributed by atoms with Gasteiger partial charge in [-0.25, -0.2) is 4.39 Å². The molecule has 2 aromatic carbocycles. The Morgan fingerprint density at radius 3 is 2.76 bits per heavy atom. The third-order valence-electron chi connectivity index (χ3n) is 3.01. The van der Waals surface area contributed by atoms with Crippen molar-refractivity contribution in [3.63, 3.8) is 0 Å². The van der Waals surface area contributed by atoms with Crippen LogP contribution in [0.3, 0.4) is 0 Å². The molecule has 0 aromatic heterocycles. The monoisotopic (exact) mass is 289 g/mol. The van der Waals surface area contributed by atoms with E-state index in [2.05, 4.69) is 5.16 Å². The Morgan fingerprint density at radius 2 is 2.05 bits per heavy atom. The topological polar surface area (TPSA) is 51.0 Å². The molecule has 2 aromatic rings. The van der Waals surface area contributed by atoms with Gasteiger partial charge in [0.1, 0.15) is 23.9 Å². The molecule has 4 nitrogen and oxygen atoms in total. The van der Waals surface area contributed by atoms with Crippen LogP contribution in [0.5, 0.6) is 11.5 Å². The van der Waals surface area contributed by atoms with Crippen LogP contribution < -0.4 is 9.47 Å². The highest BCUT2D eigenvalue weighted by molar-refractivity contribution is 6.00. The fraction of sp³-hybridized carbons (Fsp3) is 0.188. The minimum absolute atomic E-state index is 0.287. The summed E-state index contributed by atoms with van der Waals surface area (Å²) < 4.78 is 24.1. The van der Waals surface area contributed by atoms with Crippen LogP contribution in [0.1, 0.15) is 18.1 Å². The van der Waals surface area contributed by atoms with Gasteiger partial charge in [-0.3, -0.25) is 0 Å². The summed E-state index contributed by atoms with van der Waals surface area (Å²) in [5.74, 6) is 0.778. The Labute approximate surface area is 122 Å². The van der Waals surface area contributed by atoms with E-state index >= 15 is 0 Å². The van der Waals surface area contributed by atoms with Crippen LogP contribution in [0.4, 0.5) is 4.39 Å². The second-order valence-electron chi connectivity index (χ2n) is 4.47. The summed E-state index contributed by atoms with van der Waals surface area (Å²) in [6.07, 6.45) is 0. The lowest BCUT2D eigenvalue weighted by Gasteiger charge is -2.11. The summed E-state index contributed by atoms with van der Waals surface area (Å²) >= 11 is 0. The van der Waals surface area contributed by atoms with Gasteiger partial charge < -0.3 is 14.7 Å². The van der Waals surface area contributed by atoms with Crippen molar-refractivity contribution in [1.82, 2.24) is 0 Å². The highest BCUT2D eigenvalue weighted by Crippen LogP contribution is 2.22. The van der Waals surface area contributed by atoms with Gasteiger partial charge in [-0.1, -0.05) is 17.3 Å². The lowest BCUT2D eigenvalue weighted by Crippen LogP contribution is -2.03. The average molecular weight is 289 g/mol. The van der Waals surface area contributed by atoms with E-state index < -0.39 is 5.82 Å². The van der Waals surface area contributed by atoms with Crippen LogP contribution in [-0.4, -0.2) is 18.0 Å². The van der Waals surface area contributed by atoms with E-state index in [0.717, 1.165) is 11.3 Å². The molecule has 0 heterocycles. The molecule has 0 atom stereocenters. The highest BCUT2D eigenvalue weighted by Gasteiger charge is 2.09. The SMILES string of the molecule is COc1cccc(COc2ccc(F)cc2/C(C)=N/O)c1. The zero-order valence-corrected chi connectivity index (χ0v) is 11.8. The molecule has 0 radical (unpaired) electrons. The van der Waals surface area contributed by atoms with Crippen molar-refractivity contribution in [3.05, 3.63) is 59.4 Å². The van der Waals surface area contributed by atoms with E-state index in [0.29, 0.717) is 17.9 Å². The van der Waals surface area contributed by atoms with Gasteiger partial charge in [0.25, 0.3) is 0 Å². The molecule has 110 valence electrons. The van der Waals surface area contributed by atoms with E-state index in [4.69, 9.17) is 14.7 Å². The fourth-order valence-electron chi connectivity index (χ4n) is 1.89. The number of benzene rings is 2. The van der Waals surface area contributed by atoms with Gasteiger partial charge >= 0.3 is 0 Å². The maximum atomic E-state index is 13.3. The van der Waals surface area contributed by atoms with Crippen LogP contribution in [0.15, 0.2) is 47.6 Å². The Bertz CT molecular complexity index is 656. The van der Waals surface area contributed by atoms with E-state index in [1.165, 1.54) is 18.2 Å². The Morgan fingerprint density at radius 1 is 1.24 bits per heavy atom. The average Bonchev–Trinajstić information content (AvgIpc) is 2.53. The quantitative estimate of drug-likeness (QED) is 0.519. The summed E-state index contributed by atoms with van der Waals surface area (Å²) in [4.78, 5) is 0. The zero-order chi connectivity index (χ0) is 15.2. The van der Waals surface area contributed by atoms with Gasteiger partial charge in [0.05, 0.1) is 12.8 Å². The Balaban J connectivity index is 2.19. The van der Waals surface area contributed by atoms with Gasteiger partial charge in [-0.05, 0) is 42.8 Å². The van der Waals surface area contributed by atoms with Crippen molar-refractivity contribution in [2.75, 3.05) is 7.11 Å². The Hall–Kier alpha value is -2.56. The molecule has 5 heteroatoms. The number of hydrogen-bond donors (Lipinski definition) is 1. The van der Waals surface area contributed by atoms with Crippen LogP contribution in [-0.2, 0) is 6.61 Å². The van der Waals surface area contributed by atoms with E-state index in [9.17, 15) is 4.39 Å². The van der Waals surface area contributed by atoms with Gasteiger partial charge in [-0.15, -0.1) is 0 Å². The summed E-state index contributed by atoms with van der Waals surface area (Å²) in [5, 5.41) is 11.9. The van der Waals surface area contributed by atoms with Gasteiger partial charge in [0.2, 0.25) is 0 Å². The van der Waals surface area contributed by atoms with Crippen molar-refractivity contribution >= 4 is 5.71 Å². The molecule has 0 saturated carbocycles. The highest BCUT2D eigenvalue weighted by atomic mass is 19.1. The molecule has 0 bridgehead atoms. The number of hydrogen-bond acceptors (Lipinski definition) is 4. The number of nitrogens with zero attached hydrogens (tertiary/aromatic N) is 1. The molecule has 0 fully saturated rings. The smallest absolute Gasteiger partial charge is 0.129 e. The summed E-state index contributed by atoms with van der Waals surface area (Å²) in [5.41, 5.74) is 1.62. The largest absolute Gasteiger partial charge is 0.497 e. The lowest BCUT2D eigenvalue weighted by atomic mass is 10.1. The van der Waals surface area contributed by atoms with Crippen molar-refractivity contribution in [2.45, 2.75) is 13.5 Å². The first kappa shape index (κ1) is 14.8. The van der Waals surface area contributed by atoms with Crippen LogP contribution in [0.2, 0.25) is 0 Å². The summed E-state index contributed by atoms with van der Waals surface area (Å²) in [6.45, 7) is 1.88. The third-order valence-corrected chi connectivity index (χ3v) is 3.01. The number of halogens is 1.